The third kappa shape index (κ3) is 4.08. The van der Waals surface area contributed by atoms with Gasteiger partial charge >= 0.3 is 0 Å². The lowest BCUT2D eigenvalue weighted by atomic mass is 9.98. The summed E-state index contributed by atoms with van der Waals surface area (Å²) in [6.07, 6.45) is 15.1. The van der Waals surface area contributed by atoms with Crippen LogP contribution < -0.4 is 4.74 Å². The molecule has 182 valence electrons. The van der Waals surface area contributed by atoms with Crippen molar-refractivity contribution in [2.75, 3.05) is 0 Å². The number of hydrogen-bond acceptors (Lipinski definition) is 7. The highest BCUT2D eigenvalue weighted by atomic mass is 16.5. The molecule has 1 saturated carbocycles. The number of nitrogens with one attached hydrogen (secondary N) is 2. The maximum absolute atomic E-state index is 6.23. The van der Waals surface area contributed by atoms with E-state index < -0.39 is 0 Å². The molecule has 0 aliphatic heterocycles. The molecule has 9 heteroatoms. The van der Waals surface area contributed by atoms with Crippen LogP contribution in [-0.2, 0) is 0 Å². The van der Waals surface area contributed by atoms with Gasteiger partial charge in [0, 0.05) is 29.5 Å². The highest BCUT2D eigenvalue weighted by Crippen LogP contribution is 2.32. The van der Waals surface area contributed by atoms with Crippen LogP contribution in [0.25, 0.3) is 56.1 Å². The van der Waals surface area contributed by atoms with E-state index in [4.69, 9.17) is 9.72 Å². The van der Waals surface area contributed by atoms with Crippen molar-refractivity contribution < 1.29 is 4.74 Å². The lowest BCUT2D eigenvalue weighted by molar-refractivity contribution is 0.154. The van der Waals surface area contributed by atoms with Gasteiger partial charge in [-0.05, 0) is 56.0 Å². The van der Waals surface area contributed by atoms with Crippen LogP contribution in [0, 0.1) is 0 Å². The zero-order valence-electron chi connectivity index (χ0n) is 20.1. The van der Waals surface area contributed by atoms with E-state index in [1.165, 1.54) is 19.3 Å². The van der Waals surface area contributed by atoms with Crippen molar-refractivity contribution >= 4 is 21.9 Å². The van der Waals surface area contributed by atoms with Crippen molar-refractivity contribution in [2.45, 2.75) is 38.2 Å². The van der Waals surface area contributed by atoms with Crippen molar-refractivity contribution in [3.63, 3.8) is 0 Å². The third-order valence-corrected chi connectivity index (χ3v) is 6.84. The second-order valence-corrected chi connectivity index (χ2v) is 9.33. The summed E-state index contributed by atoms with van der Waals surface area (Å²) in [5, 5.41) is 8.55. The van der Waals surface area contributed by atoms with E-state index in [0.29, 0.717) is 11.5 Å². The smallest absolute Gasteiger partial charge is 0.159 e. The molecule has 6 aromatic heterocycles. The molecule has 6 aromatic rings. The van der Waals surface area contributed by atoms with Crippen molar-refractivity contribution in [1.29, 1.82) is 0 Å². The quantitative estimate of drug-likeness (QED) is 0.318. The summed E-state index contributed by atoms with van der Waals surface area (Å²) in [6.45, 7) is 0. The van der Waals surface area contributed by atoms with Gasteiger partial charge in [-0.1, -0.05) is 12.5 Å². The van der Waals surface area contributed by atoms with Gasteiger partial charge in [-0.3, -0.25) is 25.0 Å². The number of H-pyrrole nitrogens is 2. The van der Waals surface area contributed by atoms with Crippen LogP contribution in [0.15, 0.2) is 67.4 Å². The van der Waals surface area contributed by atoms with E-state index in [0.717, 1.165) is 63.2 Å². The van der Waals surface area contributed by atoms with Gasteiger partial charge in [0.1, 0.15) is 22.7 Å². The minimum absolute atomic E-state index is 0.264. The molecule has 1 aliphatic rings. The standard InChI is InChI=1S/C28H24N8O/c1-2-6-18(7-3-1)37-19-12-17(14-29-15-19)23-13-20-24(16-32-23)35-36-25(20)28-33-22-9-11-31-26(27(22)34-28)21-8-4-5-10-30-21/h4-5,8-16,18H,1-3,6-7H2,(H,33,34)(H,35,36). The molecule has 6 heterocycles. The Labute approximate surface area is 212 Å². The molecule has 0 aromatic carbocycles. The third-order valence-electron chi connectivity index (χ3n) is 6.84. The Morgan fingerprint density at radius 3 is 2.65 bits per heavy atom. The molecule has 1 aliphatic carbocycles. The zero-order chi connectivity index (χ0) is 24.6. The van der Waals surface area contributed by atoms with Crippen LogP contribution >= 0.6 is 0 Å². The van der Waals surface area contributed by atoms with E-state index >= 15 is 0 Å². The van der Waals surface area contributed by atoms with Crippen molar-refractivity contribution in [3.8, 4) is 39.9 Å². The summed E-state index contributed by atoms with van der Waals surface area (Å²) in [7, 11) is 0. The molecule has 0 saturated heterocycles. The first kappa shape index (κ1) is 21.6. The van der Waals surface area contributed by atoms with Crippen LogP contribution in [0.4, 0.5) is 0 Å². The molecule has 0 amide bonds. The molecular weight excluding hydrogens is 464 g/mol. The lowest BCUT2D eigenvalue weighted by Crippen LogP contribution is -2.19. The SMILES string of the molecule is c1ccc(-c2nccc3[nH]c(-c4n[nH]c5cnc(-c6cncc(OC7CCCCC7)c6)cc45)nc23)nc1. The summed E-state index contributed by atoms with van der Waals surface area (Å²) in [6, 6.07) is 11.7. The van der Waals surface area contributed by atoms with Crippen LogP contribution in [0.5, 0.6) is 5.75 Å². The fourth-order valence-electron chi connectivity index (χ4n) is 4.99. The van der Waals surface area contributed by atoms with Gasteiger partial charge in [0.25, 0.3) is 0 Å². The molecule has 2 N–H and O–H groups in total. The molecular formula is C28H24N8O. The van der Waals surface area contributed by atoms with Gasteiger partial charge < -0.3 is 9.72 Å². The number of fused-ring (bicyclic) bond motifs is 2. The van der Waals surface area contributed by atoms with Gasteiger partial charge in [-0.25, -0.2) is 4.98 Å². The molecule has 9 nitrogen and oxygen atoms in total. The van der Waals surface area contributed by atoms with E-state index in [2.05, 4.69) is 35.1 Å². The van der Waals surface area contributed by atoms with Gasteiger partial charge in [-0.15, -0.1) is 0 Å². The molecule has 37 heavy (non-hydrogen) atoms. The van der Waals surface area contributed by atoms with E-state index in [9.17, 15) is 0 Å². The molecule has 0 spiro atoms. The summed E-state index contributed by atoms with van der Waals surface area (Å²) < 4.78 is 6.23. The Balaban J connectivity index is 1.26. The van der Waals surface area contributed by atoms with Gasteiger partial charge in [0.05, 0.1) is 40.9 Å². The van der Waals surface area contributed by atoms with Crippen LogP contribution in [0.3, 0.4) is 0 Å². The highest BCUT2D eigenvalue weighted by Gasteiger charge is 2.18. The average Bonchev–Trinajstić information content (AvgIpc) is 3.58. The molecule has 7 rings (SSSR count). The predicted molar refractivity (Wildman–Crippen MR) is 141 cm³/mol. The van der Waals surface area contributed by atoms with E-state index in [-0.39, 0.29) is 6.10 Å². The minimum atomic E-state index is 0.264. The number of aromatic nitrogens is 8. The monoisotopic (exact) mass is 488 g/mol. The Morgan fingerprint density at radius 2 is 1.76 bits per heavy atom. The number of ether oxygens (including phenoxy) is 1. The lowest BCUT2D eigenvalue weighted by Gasteiger charge is -2.22. The first-order valence-electron chi connectivity index (χ1n) is 12.5. The number of pyridine rings is 4. The van der Waals surface area contributed by atoms with Gasteiger partial charge in [0.2, 0.25) is 0 Å². The molecule has 0 atom stereocenters. The largest absolute Gasteiger partial charge is 0.489 e. The maximum Gasteiger partial charge on any atom is 0.159 e. The van der Waals surface area contributed by atoms with Gasteiger partial charge in [-0.2, -0.15) is 5.10 Å². The molecule has 1 fully saturated rings. The normalized spacial score (nSPS) is 14.4. The first-order valence-corrected chi connectivity index (χ1v) is 12.5. The highest BCUT2D eigenvalue weighted by molar-refractivity contribution is 5.96. The molecule has 0 radical (unpaired) electrons. The molecule has 0 bridgehead atoms. The van der Waals surface area contributed by atoms with E-state index in [1.54, 1.807) is 24.8 Å². The summed E-state index contributed by atoms with van der Waals surface area (Å²) in [4.78, 5) is 26.3. The second kappa shape index (κ2) is 9.09. The predicted octanol–water partition coefficient (Wildman–Crippen LogP) is 5.73. The Hall–Kier alpha value is -4.66. The van der Waals surface area contributed by atoms with Crippen LogP contribution in [0.1, 0.15) is 32.1 Å². The van der Waals surface area contributed by atoms with Gasteiger partial charge in [0.15, 0.2) is 5.82 Å². The van der Waals surface area contributed by atoms with Crippen LogP contribution in [-0.4, -0.2) is 46.2 Å². The van der Waals surface area contributed by atoms with Crippen molar-refractivity contribution in [2.24, 2.45) is 0 Å². The topological polar surface area (TPSA) is 118 Å². The van der Waals surface area contributed by atoms with E-state index in [1.807, 2.05) is 42.6 Å². The zero-order valence-corrected chi connectivity index (χ0v) is 20.1. The number of hydrogen-bond donors (Lipinski definition) is 2. The maximum atomic E-state index is 6.23. The summed E-state index contributed by atoms with van der Waals surface area (Å²) >= 11 is 0. The first-order chi connectivity index (χ1) is 18.3. The summed E-state index contributed by atoms with van der Waals surface area (Å²) in [5.74, 6) is 1.43. The minimum Gasteiger partial charge on any atom is -0.489 e. The number of rotatable bonds is 5. The molecule has 0 unspecified atom stereocenters. The van der Waals surface area contributed by atoms with Crippen molar-refractivity contribution in [1.82, 2.24) is 40.1 Å². The Morgan fingerprint density at radius 1 is 0.811 bits per heavy atom. The fourth-order valence-corrected chi connectivity index (χ4v) is 4.99. The number of aromatic amines is 2. The Bertz CT molecular complexity index is 1700. The average molecular weight is 489 g/mol. The number of imidazole rings is 1. The Kier molecular flexibility index (Phi) is 5.31. The second-order valence-electron chi connectivity index (χ2n) is 9.33. The fraction of sp³-hybridized carbons (Fsp3) is 0.214. The van der Waals surface area contributed by atoms with Crippen LogP contribution in [0.2, 0.25) is 0 Å². The number of nitrogens with zero attached hydrogens (tertiary/aromatic N) is 6. The summed E-state index contributed by atoms with van der Waals surface area (Å²) in [5.41, 5.74) is 6.34. The van der Waals surface area contributed by atoms with Crippen molar-refractivity contribution in [3.05, 3.63) is 67.4 Å².